The molecular weight excluding hydrogens is 282 g/mol. The van der Waals surface area contributed by atoms with Crippen molar-refractivity contribution in [3.05, 3.63) is 81.4 Å². The van der Waals surface area contributed by atoms with E-state index in [4.69, 9.17) is 4.74 Å². The summed E-state index contributed by atoms with van der Waals surface area (Å²) in [6.07, 6.45) is 2.75. The number of aryl methyl sites for hydroxylation is 1. The third-order valence-electron chi connectivity index (χ3n) is 2.99. The van der Waals surface area contributed by atoms with Crippen molar-refractivity contribution in [3.63, 3.8) is 0 Å². The lowest BCUT2D eigenvalue weighted by atomic mass is 10.2. The highest BCUT2D eigenvalue weighted by Gasteiger charge is 2.04. The quantitative estimate of drug-likeness (QED) is 0.365. The SMILES string of the molecule is Cc1ccc(COC(=O)/C=C/c2cccc([N+](=O)[O-])c2)cc1. The first kappa shape index (κ1) is 15.4. The van der Waals surface area contributed by atoms with Crippen LogP contribution in [0.1, 0.15) is 16.7 Å². The Bertz CT molecular complexity index is 705. The lowest BCUT2D eigenvalue weighted by Crippen LogP contribution is -2.00. The lowest BCUT2D eigenvalue weighted by molar-refractivity contribution is -0.384. The van der Waals surface area contributed by atoms with E-state index in [2.05, 4.69) is 0 Å². The van der Waals surface area contributed by atoms with Crippen molar-refractivity contribution >= 4 is 17.7 Å². The van der Waals surface area contributed by atoms with Crippen LogP contribution in [-0.4, -0.2) is 10.9 Å². The number of non-ortho nitro benzene ring substituents is 1. The summed E-state index contributed by atoms with van der Waals surface area (Å²) >= 11 is 0. The Morgan fingerprint density at radius 1 is 1.23 bits per heavy atom. The summed E-state index contributed by atoms with van der Waals surface area (Å²) in [6, 6.07) is 13.7. The minimum absolute atomic E-state index is 0.0184. The zero-order chi connectivity index (χ0) is 15.9. The highest BCUT2D eigenvalue weighted by atomic mass is 16.6. The van der Waals surface area contributed by atoms with Crippen molar-refractivity contribution < 1.29 is 14.5 Å². The molecule has 0 atom stereocenters. The van der Waals surface area contributed by atoms with Gasteiger partial charge in [-0.15, -0.1) is 0 Å². The van der Waals surface area contributed by atoms with E-state index in [1.165, 1.54) is 24.3 Å². The van der Waals surface area contributed by atoms with Crippen LogP contribution >= 0.6 is 0 Å². The van der Waals surface area contributed by atoms with Crippen LogP contribution in [0.25, 0.3) is 6.08 Å². The van der Waals surface area contributed by atoms with Crippen molar-refractivity contribution in [2.75, 3.05) is 0 Å². The second-order valence-corrected chi connectivity index (χ2v) is 4.78. The Hall–Kier alpha value is -2.95. The van der Waals surface area contributed by atoms with Gasteiger partial charge in [0.1, 0.15) is 6.61 Å². The van der Waals surface area contributed by atoms with Gasteiger partial charge in [0.15, 0.2) is 0 Å². The van der Waals surface area contributed by atoms with E-state index in [0.717, 1.165) is 11.1 Å². The number of rotatable bonds is 5. The van der Waals surface area contributed by atoms with E-state index in [-0.39, 0.29) is 12.3 Å². The molecule has 0 radical (unpaired) electrons. The molecule has 0 aliphatic rings. The molecule has 5 nitrogen and oxygen atoms in total. The molecule has 0 aromatic heterocycles. The normalized spacial score (nSPS) is 10.6. The predicted octanol–water partition coefficient (Wildman–Crippen LogP) is 3.66. The number of hydrogen-bond donors (Lipinski definition) is 0. The zero-order valence-electron chi connectivity index (χ0n) is 12.1. The Morgan fingerprint density at radius 3 is 2.64 bits per heavy atom. The molecule has 0 aliphatic carbocycles. The van der Waals surface area contributed by atoms with E-state index < -0.39 is 10.9 Å². The van der Waals surface area contributed by atoms with Gasteiger partial charge in [-0.25, -0.2) is 4.79 Å². The Labute approximate surface area is 128 Å². The van der Waals surface area contributed by atoms with Crippen molar-refractivity contribution in [2.24, 2.45) is 0 Å². The van der Waals surface area contributed by atoms with Gasteiger partial charge in [0.25, 0.3) is 5.69 Å². The monoisotopic (exact) mass is 297 g/mol. The van der Waals surface area contributed by atoms with Crippen LogP contribution in [-0.2, 0) is 16.1 Å². The largest absolute Gasteiger partial charge is 0.458 e. The number of hydrogen-bond acceptors (Lipinski definition) is 4. The van der Waals surface area contributed by atoms with Crippen LogP contribution in [0.4, 0.5) is 5.69 Å². The van der Waals surface area contributed by atoms with Crippen LogP contribution < -0.4 is 0 Å². The van der Waals surface area contributed by atoms with Crippen LogP contribution in [0.15, 0.2) is 54.6 Å². The van der Waals surface area contributed by atoms with Crippen LogP contribution in [0.3, 0.4) is 0 Å². The van der Waals surface area contributed by atoms with Gasteiger partial charge in [-0.2, -0.15) is 0 Å². The number of esters is 1. The minimum Gasteiger partial charge on any atom is -0.458 e. The van der Waals surface area contributed by atoms with E-state index in [1.807, 2.05) is 31.2 Å². The number of carbonyl (C=O) groups is 1. The van der Waals surface area contributed by atoms with E-state index in [9.17, 15) is 14.9 Å². The van der Waals surface area contributed by atoms with Gasteiger partial charge in [0.05, 0.1) is 4.92 Å². The first-order valence-corrected chi connectivity index (χ1v) is 6.69. The van der Waals surface area contributed by atoms with Gasteiger partial charge >= 0.3 is 5.97 Å². The molecule has 0 heterocycles. The molecule has 0 bridgehead atoms. The fraction of sp³-hybridized carbons (Fsp3) is 0.118. The molecular formula is C17H15NO4. The third-order valence-corrected chi connectivity index (χ3v) is 2.99. The molecule has 0 unspecified atom stereocenters. The second kappa shape index (κ2) is 7.17. The van der Waals surface area contributed by atoms with Crippen molar-refractivity contribution in [1.82, 2.24) is 0 Å². The standard InChI is InChI=1S/C17H15NO4/c1-13-5-7-15(8-6-13)12-22-17(19)10-9-14-3-2-4-16(11-14)18(20)21/h2-11H,12H2,1H3/b10-9+. The van der Waals surface area contributed by atoms with Crippen LogP contribution in [0, 0.1) is 17.0 Å². The maximum atomic E-state index is 11.6. The summed E-state index contributed by atoms with van der Waals surface area (Å²) in [4.78, 5) is 21.8. The van der Waals surface area contributed by atoms with Gasteiger partial charge in [-0.1, -0.05) is 42.0 Å². The molecule has 0 amide bonds. The zero-order valence-corrected chi connectivity index (χ0v) is 12.1. The molecule has 0 fully saturated rings. The summed E-state index contributed by atoms with van der Waals surface area (Å²) < 4.78 is 5.11. The number of carbonyl (C=O) groups excluding carboxylic acids is 1. The number of ether oxygens (including phenoxy) is 1. The average Bonchev–Trinajstić information content (AvgIpc) is 2.52. The van der Waals surface area contributed by atoms with Gasteiger partial charge in [-0.3, -0.25) is 10.1 Å². The average molecular weight is 297 g/mol. The maximum Gasteiger partial charge on any atom is 0.331 e. The number of nitrogens with zero attached hydrogens (tertiary/aromatic N) is 1. The van der Waals surface area contributed by atoms with E-state index in [0.29, 0.717) is 5.56 Å². The summed E-state index contributed by atoms with van der Waals surface area (Å²) in [5.74, 6) is -0.493. The molecule has 0 saturated carbocycles. The van der Waals surface area contributed by atoms with Crippen molar-refractivity contribution in [2.45, 2.75) is 13.5 Å². The molecule has 2 aromatic rings. The predicted molar refractivity (Wildman–Crippen MR) is 83.1 cm³/mol. The third kappa shape index (κ3) is 4.56. The topological polar surface area (TPSA) is 69.4 Å². The van der Waals surface area contributed by atoms with Crippen LogP contribution in [0.5, 0.6) is 0 Å². The lowest BCUT2D eigenvalue weighted by Gasteiger charge is -2.02. The summed E-state index contributed by atoms with van der Waals surface area (Å²) in [6.45, 7) is 2.18. The Balaban J connectivity index is 1.92. The fourth-order valence-electron chi connectivity index (χ4n) is 1.79. The first-order valence-electron chi connectivity index (χ1n) is 6.69. The Morgan fingerprint density at radius 2 is 1.95 bits per heavy atom. The highest BCUT2D eigenvalue weighted by molar-refractivity contribution is 5.87. The summed E-state index contributed by atoms with van der Waals surface area (Å²) in [5.41, 5.74) is 2.60. The summed E-state index contributed by atoms with van der Waals surface area (Å²) in [7, 11) is 0. The first-order chi connectivity index (χ1) is 10.5. The molecule has 22 heavy (non-hydrogen) atoms. The van der Waals surface area contributed by atoms with E-state index >= 15 is 0 Å². The minimum atomic E-state index is -0.493. The molecule has 0 spiro atoms. The molecule has 2 aromatic carbocycles. The van der Waals surface area contributed by atoms with Gasteiger partial charge in [-0.05, 0) is 24.1 Å². The summed E-state index contributed by atoms with van der Waals surface area (Å²) in [5, 5.41) is 10.7. The smallest absolute Gasteiger partial charge is 0.331 e. The molecule has 2 rings (SSSR count). The Kier molecular flexibility index (Phi) is 5.03. The number of nitro benzene ring substituents is 1. The molecule has 0 aliphatic heterocycles. The second-order valence-electron chi connectivity index (χ2n) is 4.78. The van der Waals surface area contributed by atoms with Crippen molar-refractivity contribution in [3.8, 4) is 0 Å². The fourth-order valence-corrected chi connectivity index (χ4v) is 1.79. The number of nitro groups is 1. The maximum absolute atomic E-state index is 11.6. The number of benzene rings is 2. The highest BCUT2D eigenvalue weighted by Crippen LogP contribution is 2.14. The van der Waals surface area contributed by atoms with E-state index in [1.54, 1.807) is 12.1 Å². The van der Waals surface area contributed by atoms with Crippen molar-refractivity contribution in [1.29, 1.82) is 0 Å². The van der Waals surface area contributed by atoms with Gasteiger partial charge in [0, 0.05) is 18.2 Å². The molecule has 5 heteroatoms. The molecule has 0 N–H and O–H groups in total. The van der Waals surface area contributed by atoms with Crippen LogP contribution in [0.2, 0.25) is 0 Å². The van der Waals surface area contributed by atoms with Gasteiger partial charge in [0.2, 0.25) is 0 Å². The van der Waals surface area contributed by atoms with Gasteiger partial charge < -0.3 is 4.74 Å². The molecule has 112 valence electrons. The molecule has 0 saturated heterocycles.